The fourth-order valence-electron chi connectivity index (χ4n) is 2.28. The highest BCUT2D eigenvalue weighted by Gasteiger charge is 2.54. The molecule has 0 aliphatic carbocycles. The molecule has 0 spiro atoms. The van der Waals surface area contributed by atoms with Gasteiger partial charge in [0.25, 0.3) is 0 Å². The number of nitriles is 1. The first-order valence-electron chi connectivity index (χ1n) is 6.53. The average Bonchev–Trinajstić information content (AvgIpc) is 2.17. The van der Waals surface area contributed by atoms with Gasteiger partial charge in [-0.1, -0.05) is 34.1 Å². The first kappa shape index (κ1) is 15.5. The predicted molar refractivity (Wildman–Crippen MR) is 72.4 cm³/mol. The van der Waals surface area contributed by atoms with Gasteiger partial charge in [-0.3, -0.25) is 0 Å². The first-order valence-corrected chi connectivity index (χ1v) is 8.14. The standard InChI is InChI=1S/C13H24N2O2S/c1-5-6-9-18(16,17)15-10-13(11-15,7-8-14)12(2,3)4/h5-7,9-11H2,1-4H3. The van der Waals surface area contributed by atoms with Crippen molar-refractivity contribution in [3.63, 3.8) is 0 Å². The molecule has 0 aromatic heterocycles. The van der Waals surface area contributed by atoms with Gasteiger partial charge in [-0.05, 0) is 11.8 Å². The minimum Gasteiger partial charge on any atom is -0.212 e. The maximum Gasteiger partial charge on any atom is 0.214 e. The van der Waals surface area contributed by atoms with Crippen molar-refractivity contribution in [2.24, 2.45) is 10.8 Å². The minimum absolute atomic E-state index is 0.0422. The van der Waals surface area contributed by atoms with E-state index in [9.17, 15) is 8.42 Å². The molecule has 1 rings (SSSR count). The highest BCUT2D eigenvalue weighted by Crippen LogP contribution is 2.49. The number of rotatable bonds is 5. The number of hydrogen-bond donors (Lipinski definition) is 0. The van der Waals surface area contributed by atoms with Gasteiger partial charge >= 0.3 is 0 Å². The molecule has 0 atom stereocenters. The van der Waals surface area contributed by atoms with Gasteiger partial charge in [-0.2, -0.15) is 5.26 Å². The van der Waals surface area contributed by atoms with Crippen LogP contribution in [0.25, 0.3) is 0 Å². The lowest BCUT2D eigenvalue weighted by Gasteiger charge is -2.55. The van der Waals surface area contributed by atoms with E-state index in [2.05, 4.69) is 26.8 Å². The fraction of sp³-hybridized carbons (Fsp3) is 0.923. The van der Waals surface area contributed by atoms with Gasteiger partial charge in [0, 0.05) is 24.9 Å². The van der Waals surface area contributed by atoms with Crippen LogP contribution in [0.3, 0.4) is 0 Å². The average molecular weight is 272 g/mol. The molecule has 0 radical (unpaired) electrons. The van der Waals surface area contributed by atoms with Gasteiger partial charge in [0.2, 0.25) is 10.0 Å². The molecule has 1 aliphatic heterocycles. The summed E-state index contributed by atoms with van der Waals surface area (Å²) in [6.07, 6.45) is 2.02. The van der Waals surface area contributed by atoms with E-state index in [-0.39, 0.29) is 16.6 Å². The minimum atomic E-state index is -3.11. The maximum atomic E-state index is 12.0. The van der Waals surface area contributed by atoms with Crippen LogP contribution in [0.1, 0.15) is 47.0 Å². The van der Waals surface area contributed by atoms with Crippen molar-refractivity contribution in [3.8, 4) is 6.07 Å². The second-order valence-corrected chi connectivity index (χ2v) is 8.39. The molecule has 0 unspecified atom stereocenters. The summed E-state index contributed by atoms with van der Waals surface area (Å²) >= 11 is 0. The van der Waals surface area contributed by atoms with Crippen molar-refractivity contribution in [1.82, 2.24) is 4.31 Å². The van der Waals surface area contributed by atoms with Gasteiger partial charge in [0.05, 0.1) is 11.8 Å². The maximum absolute atomic E-state index is 12.0. The fourth-order valence-corrected chi connectivity index (χ4v) is 4.08. The van der Waals surface area contributed by atoms with E-state index >= 15 is 0 Å². The quantitative estimate of drug-likeness (QED) is 0.772. The molecule has 1 aliphatic rings. The van der Waals surface area contributed by atoms with Crippen LogP contribution >= 0.6 is 0 Å². The summed E-state index contributed by atoms with van der Waals surface area (Å²) in [6, 6.07) is 2.21. The van der Waals surface area contributed by atoms with E-state index < -0.39 is 10.0 Å². The lowest BCUT2D eigenvalue weighted by molar-refractivity contribution is -0.0310. The summed E-state index contributed by atoms with van der Waals surface area (Å²) in [7, 11) is -3.11. The zero-order chi connectivity index (χ0) is 14.0. The Bertz CT molecular complexity index is 423. The number of sulfonamides is 1. The molecule has 5 heteroatoms. The summed E-state index contributed by atoms with van der Waals surface area (Å²) in [5.41, 5.74) is -0.222. The van der Waals surface area contributed by atoms with E-state index in [1.165, 1.54) is 0 Å². The normalized spacial score (nSPS) is 20.2. The molecule has 18 heavy (non-hydrogen) atoms. The van der Waals surface area contributed by atoms with Crippen molar-refractivity contribution in [1.29, 1.82) is 5.26 Å². The molecular weight excluding hydrogens is 248 g/mol. The van der Waals surface area contributed by atoms with Crippen molar-refractivity contribution < 1.29 is 8.42 Å². The van der Waals surface area contributed by atoms with Gasteiger partial charge in [0.1, 0.15) is 0 Å². The van der Waals surface area contributed by atoms with Gasteiger partial charge in [-0.15, -0.1) is 0 Å². The molecule has 104 valence electrons. The van der Waals surface area contributed by atoms with Crippen molar-refractivity contribution >= 4 is 10.0 Å². The molecule has 1 fully saturated rings. The molecule has 0 N–H and O–H groups in total. The Morgan fingerprint density at radius 3 is 2.28 bits per heavy atom. The van der Waals surface area contributed by atoms with E-state index in [4.69, 9.17) is 5.26 Å². The van der Waals surface area contributed by atoms with E-state index in [0.717, 1.165) is 6.42 Å². The highest BCUT2D eigenvalue weighted by molar-refractivity contribution is 7.89. The monoisotopic (exact) mass is 272 g/mol. The Balaban J connectivity index is 2.74. The van der Waals surface area contributed by atoms with Crippen molar-refractivity contribution in [2.45, 2.75) is 47.0 Å². The molecule has 0 aromatic carbocycles. The molecule has 0 bridgehead atoms. The summed E-state index contributed by atoms with van der Waals surface area (Å²) in [5.74, 6) is 0.232. The number of unbranched alkanes of at least 4 members (excludes halogenated alkanes) is 1. The third kappa shape index (κ3) is 2.86. The van der Waals surface area contributed by atoms with E-state index in [0.29, 0.717) is 25.9 Å². The Morgan fingerprint density at radius 2 is 1.89 bits per heavy atom. The summed E-state index contributed by atoms with van der Waals surface area (Å²) in [6.45, 7) is 9.23. The zero-order valence-corrected chi connectivity index (χ0v) is 12.7. The largest absolute Gasteiger partial charge is 0.214 e. The molecule has 0 amide bonds. The second kappa shape index (κ2) is 5.18. The molecule has 4 nitrogen and oxygen atoms in total. The zero-order valence-electron chi connectivity index (χ0n) is 11.9. The van der Waals surface area contributed by atoms with Crippen LogP contribution in [0.4, 0.5) is 0 Å². The van der Waals surface area contributed by atoms with Crippen LogP contribution in [0.5, 0.6) is 0 Å². The van der Waals surface area contributed by atoms with E-state index in [1.807, 2.05) is 6.92 Å². The molecule has 0 saturated carbocycles. The Hall–Kier alpha value is -0.600. The van der Waals surface area contributed by atoms with Crippen LogP contribution in [0.2, 0.25) is 0 Å². The third-order valence-electron chi connectivity index (χ3n) is 4.12. The van der Waals surface area contributed by atoms with Crippen LogP contribution < -0.4 is 0 Å². The predicted octanol–water partition coefficient (Wildman–Crippen LogP) is 2.38. The van der Waals surface area contributed by atoms with Crippen molar-refractivity contribution in [2.75, 3.05) is 18.8 Å². The van der Waals surface area contributed by atoms with Crippen molar-refractivity contribution in [3.05, 3.63) is 0 Å². The number of nitrogens with zero attached hydrogens (tertiary/aromatic N) is 2. The molecule has 1 heterocycles. The lowest BCUT2D eigenvalue weighted by atomic mass is 9.61. The van der Waals surface area contributed by atoms with E-state index in [1.54, 1.807) is 4.31 Å². The topological polar surface area (TPSA) is 61.2 Å². The smallest absolute Gasteiger partial charge is 0.212 e. The van der Waals surface area contributed by atoms with Crippen LogP contribution in [-0.4, -0.2) is 31.6 Å². The third-order valence-corrected chi connectivity index (χ3v) is 5.97. The molecule has 0 aromatic rings. The summed E-state index contributed by atoms with van der Waals surface area (Å²) in [5, 5.41) is 8.94. The SMILES string of the molecule is CCCCS(=O)(=O)N1CC(CC#N)(C(C)(C)C)C1. The van der Waals surface area contributed by atoms with Crippen LogP contribution in [-0.2, 0) is 10.0 Å². The number of hydrogen-bond acceptors (Lipinski definition) is 3. The molecular formula is C13H24N2O2S. The van der Waals surface area contributed by atoms with Gasteiger partial charge < -0.3 is 0 Å². The first-order chi connectivity index (χ1) is 8.18. The molecule has 1 saturated heterocycles. The lowest BCUT2D eigenvalue weighted by Crippen LogP contribution is -2.63. The Morgan fingerprint density at radius 1 is 1.33 bits per heavy atom. The summed E-state index contributed by atoms with van der Waals surface area (Å²) in [4.78, 5) is 0. The van der Waals surface area contributed by atoms with Crippen LogP contribution in [0.15, 0.2) is 0 Å². The van der Waals surface area contributed by atoms with Gasteiger partial charge in [-0.25, -0.2) is 12.7 Å². The Labute approximate surface area is 111 Å². The van der Waals surface area contributed by atoms with Gasteiger partial charge in [0.15, 0.2) is 0 Å². The summed E-state index contributed by atoms with van der Waals surface area (Å²) < 4.78 is 25.6. The second-order valence-electron chi connectivity index (χ2n) is 6.30. The van der Waals surface area contributed by atoms with Crippen LogP contribution in [0, 0.1) is 22.2 Å². The Kier molecular flexibility index (Phi) is 4.45. The highest BCUT2D eigenvalue weighted by atomic mass is 32.2.